The molecule has 3 atom stereocenters. The second-order valence-corrected chi connectivity index (χ2v) is 13.1. The summed E-state index contributed by atoms with van der Waals surface area (Å²) < 4.78 is 30.0. The van der Waals surface area contributed by atoms with Gasteiger partial charge in [-0.05, 0) is 55.6 Å². The Bertz CT molecular complexity index is 608. The first-order valence-corrected chi connectivity index (χ1v) is 13.1. The zero-order chi connectivity index (χ0) is 22.5. The highest BCUT2D eigenvalue weighted by atomic mass is 31.2. The first kappa shape index (κ1) is 26.0. The number of morpholine rings is 1. The first-order chi connectivity index (χ1) is 13.9. The van der Waals surface area contributed by atoms with Crippen molar-refractivity contribution in [3.8, 4) is 0 Å². The molecule has 0 amide bonds. The molecule has 0 radical (unpaired) electrons. The van der Waals surface area contributed by atoms with Crippen LogP contribution in [0.1, 0.15) is 41.5 Å². The molecule has 0 bridgehead atoms. The van der Waals surface area contributed by atoms with E-state index in [1.807, 2.05) is 18.8 Å². The largest absolute Gasteiger partial charge is 0.370 e. The quantitative estimate of drug-likeness (QED) is 0.421. The Balaban J connectivity index is 1.88. The molecule has 0 N–H and O–H groups in total. The SMILES string of the molecule is CC(C)=CCN1CCN(P(=O)(COCC2CN(C(C)(C)C)CC(C)O2)N(C)C)CC1. The van der Waals surface area contributed by atoms with Gasteiger partial charge in [-0.2, -0.15) is 0 Å². The fourth-order valence-corrected chi connectivity index (χ4v) is 6.03. The maximum absolute atomic E-state index is 13.8. The molecule has 0 aromatic heterocycles. The van der Waals surface area contributed by atoms with Crippen molar-refractivity contribution >= 4 is 7.44 Å². The molecule has 2 rings (SSSR count). The number of nitrogens with zero attached hydrogens (tertiary/aromatic N) is 4. The molecule has 0 spiro atoms. The summed E-state index contributed by atoms with van der Waals surface area (Å²) in [5.74, 6) is 0. The number of piperazine rings is 1. The van der Waals surface area contributed by atoms with Gasteiger partial charge in [0.1, 0.15) is 6.35 Å². The van der Waals surface area contributed by atoms with Crippen molar-refractivity contribution in [3.05, 3.63) is 11.6 Å². The number of allylic oxidation sites excluding steroid dienone is 1. The van der Waals surface area contributed by atoms with Gasteiger partial charge in [0.05, 0.1) is 18.8 Å². The van der Waals surface area contributed by atoms with Crippen LogP contribution in [0.15, 0.2) is 11.6 Å². The van der Waals surface area contributed by atoms with E-state index in [1.54, 1.807) is 0 Å². The average Bonchev–Trinajstić information content (AvgIpc) is 2.65. The number of hydrogen-bond donors (Lipinski definition) is 0. The Morgan fingerprint density at radius 3 is 2.33 bits per heavy atom. The third-order valence-electron chi connectivity index (χ3n) is 6.01. The molecule has 0 aliphatic carbocycles. The van der Waals surface area contributed by atoms with Crippen molar-refractivity contribution in [3.63, 3.8) is 0 Å². The van der Waals surface area contributed by atoms with E-state index in [2.05, 4.69) is 62.1 Å². The summed E-state index contributed by atoms with van der Waals surface area (Å²) in [5, 5.41) is 0. The van der Waals surface area contributed by atoms with Gasteiger partial charge in [-0.15, -0.1) is 0 Å². The average molecular weight is 445 g/mol. The van der Waals surface area contributed by atoms with E-state index in [1.165, 1.54) is 5.57 Å². The molecule has 176 valence electrons. The van der Waals surface area contributed by atoms with Gasteiger partial charge in [-0.25, -0.2) is 9.34 Å². The molecule has 7 nitrogen and oxygen atoms in total. The first-order valence-electron chi connectivity index (χ1n) is 11.3. The highest BCUT2D eigenvalue weighted by Gasteiger charge is 2.37. The molecule has 0 saturated carbocycles. The van der Waals surface area contributed by atoms with Gasteiger partial charge < -0.3 is 9.47 Å². The van der Waals surface area contributed by atoms with Gasteiger partial charge >= 0.3 is 0 Å². The summed E-state index contributed by atoms with van der Waals surface area (Å²) in [7, 11) is 1.08. The van der Waals surface area contributed by atoms with E-state index in [0.29, 0.717) is 6.61 Å². The van der Waals surface area contributed by atoms with Crippen molar-refractivity contribution in [2.24, 2.45) is 0 Å². The van der Waals surface area contributed by atoms with Crippen LogP contribution in [0.4, 0.5) is 0 Å². The number of hydrogen-bond acceptors (Lipinski definition) is 5. The normalized spacial score (nSPS) is 27.2. The van der Waals surface area contributed by atoms with E-state index in [4.69, 9.17) is 9.47 Å². The third kappa shape index (κ3) is 7.40. The smallest absolute Gasteiger partial charge is 0.241 e. The number of rotatable bonds is 8. The lowest BCUT2D eigenvalue weighted by molar-refractivity contribution is -0.122. The summed E-state index contributed by atoms with van der Waals surface area (Å²) in [5.41, 5.74) is 1.45. The Labute approximate surface area is 184 Å². The standard InChI is InChI=1S/C22H45N4O3P/c1-19(2)9-10-24-11-13-26(14-12-24)30(27,23(7)8)18-28-17-21-16-25(22(4,5)6)15-20(3)29-21/h9,20-21H,10-18H2,1-8H3. The second kappa shape index (κ2) is 11.0. The van der Waals surface area contributed by atoms with E-state index >= 15 is 0 Å². The molecule has 2 heterocycles. The summed E-state index contributed by atoms with van der Waals surface area (Å²) in [6.07, 6.45) is 2.71. The molecule has 0 aromatic carbocycles. The summed E-state index contributed by atoms with van der Waals surface area (Å²) in [6, 6.07) is 0. The lowest BCUT2D eigenvalue weighted by atomic mass is 10.0. The second-order valence-electron chi connectivity index (χ2n) is 10.2. The van der Waals surface area contributed by atoms with Crippen LogP contribution in [0.2, 0.25) is 0 Å². The van der Waals surface area contributed by atoms with Crippen molar-refractivity contribution in [2.45, 2.75) is 59.3 Å². The van der Waals surface area contributed by atoms with E-state index in [0.717, 1.165) is 45.8 Å². The minimum Gasteiger partial charge on any atom is -0.370 e. The lowest BCUT2D eigenvalue weighted by Gasteiger charge is -2.44. The molecular formula is C22H45N4O3P. The van der Waals surface area contributed by atoms with Crippen LogP contribution >= 0.6 is 7.44 Å². The minimum atomic E-state index is -2.73. The molecule has 2 aliphatic rings. The van der Waals surface area contributed by atoms with Gasteiger partial charge in [-0.3, -0.25) is 14.4 Å². The molecule has 30 heavy (non-hydrogen) atoms. The lowest BCUT2D eigenvalue weighted by Crippen LogP contribution is -2.55. The number of ether oxygens (including phenoxy) is 2. The third-order valence-corrected chi connectivity index (χ3v) is 9.06. The highest BCUT2D eigenvalue weighted by Crippen LogP contribution is 2.51. The van der Waals surface area contributed by atoms with Gasteiger partial charge in [0, 0.05) is 51.4 Å². The highest BCUT2D eigenvalue weighted by molar-refractivity contribution is 7.58. The monoisotopic (exact) mass is 444 g/mol. The predicted octanol–water partition coefficient (Wildman–Crippen LogP) is 3.19. The Kier molecular flexibility index (Phi) is 9.56. The fourth-order valence-electron chi connectivity index (χ4n) is 3.98. The predicted molar refractivity (Wildman–Crippen MR) is 125 cm³/mol. The van der Waals surface area contributed by atoms with E-state index in [-0.39, 0.29) is 24.1 Å². The van der Waals surface area contributed by atoms with Gasteiger partial charge in [-0.1, -0.05) is 11.6 Å². The molecule has 3 unspecified atom stereocenters. The maximum Gasteiger partial charge on any atom is 0.241 e. The van der Waals surface area contributed by atoms with Crippen LogP contribution in [0.5, 0.6) is 0 Å². The molecule has 8 heteroatoms. The van der Waals surface area contributed by atoms with Gasteiger partial charge in [0.2, 0.25) is 7.44 Å². The van der Waals surface area contributed by atoms with Crippen molar-refractivity contribution < 1.29 is 14.0 Å². The van der Waals surface area contributed by atoms with Crippen LogP contribution in [0.3, 0.4) is 0 Å². The summed E-state index contributed by atoms with van der Waals surface area (Å²) in [4.78, 5) is 4.87. The van der Waals surface area contributed by atoms with Crippen molar-refractivity contribution in [1.29, 1.82) is 0 Å². The van der Waals surface area contributed by atoms with Gasteiger partial charge in [0.25, 0.3) is 0 Å². The Morgan fingerprint density at radius 2 is 1.80 bits per heavy atom. The van der Waals surface area contributed by atoms with Crippen molar-refractivity contribution in [2.75, 3.05) is 72.9 Å². The molecule has 2 saturated heterocycles. The van der Waals surface area contributed by atoms with Crippen molar-refractivity contribution in [1.82, 2.24) is 19.1 Å². The molecular weight excluding hydrogens is 399 g/mol. The fraction of sp³-hybridized carbons (Fsp3) is 0.909. The molecule has 2 fully saturated rings. The molecule has 2 aliphatic heterocycles. The van der Waals surface area contributed by atoms with E-state index in [9.17, 15) is 4.57 Å². The summed E-state index contributed by atoms with van der Waals surface area (Å²) >= 11 is 0. The van der Waals surface area contributed by atoms with Crippen LogP contribution < -0.4 is 0 Å². The maximum atomic E-state index is 13.8. The Morgan fingerprint density at radius 1 is 1.17 bits per heavy atom. The molecule has 0 aromatic rings. The zero-order valence-electron chi connectivity index (χ0n) is 20.6. The van der Waals surface area contributed by atoms with Crippen LogP contribution in [-0.4, -0.2) is 110 Å². The van der Waals surface area contributed by atoms with Crippen LogP contribution in [-0.2, 0) is 14.0 Å². The zero-order valence-corrected chi connectivity index (χ0v) is 21.5. The van der Waals surface area contributed by atoms with Crippen LogP contribution in [0, 0.1) is 0 Å². The summed E-state index contributed by atoms with van der Waals surface area (Å²) in [6.45, 7) is 19.8. The topological polar surface area (TPSA) is 48.5 Å². The van der Waals surface area contributed by atoms with Gasteiger partial charge in [0.15, 0.2) is 0 Å². The Hall–Kier alpha value is -0.270. The van der Waals surface area contributed by atoms with E-state index < -0.39 is 7.44 Å². The minimum absolute atomic E-state index is 0.0181. The van der Waals surface area contributed by atoms with Crippen LogP contribution in [0.25, 0.3) is 0 Å².